The van der Waals surface area contributed by atoms with Crippen molar-refractivity contribution in [3.63, 3.8) is 0 Å². The number of nitrogens with zero attached hydrogens (tertiary/aromatic N) is 3. The maximum absolute atomic E-state index is 12.9. The van der Waals surface area contributed by atoms with Gasteiger partial charge in [-0.15, -0.1) is 0 Å². The molecule has 26 heavy (non-hydrogen) atoms. The molecule has 2 aromatic rings. The minimum absolute atomic E-state index is 0.0647. The van der Waals surface area contributed by atoms with Gasteiger partial charge in [0.25, 0.3) is 5.91 Å². The van der Waals surface area contributed by atoms with Gasteiger partial charge in [-0.1, -0.05) is 6.07 Å². The maximum atomic E-state index is 12.9. The molecule has 0 radical (unpaired) electrons. The smallest absolute Gasteiger partial charge is 0.272 e. The molecule has 1 aromatic carbocycles. The minimum Gasteiger partial charge on any atom is -0.494 e. The van der Waals surface area contributed by atoms with Gasteiger partial charge in [0.1, 0.15) is 11.4 Å². The number of carbonyl (C=O) groups is 1. The zero-order valence-electron chi connectivity index (χ0n) is 15.9. The average molecular weight is 356 g/mol. The van der Waals surface area contributed by atoms with E-state index in [1.807, 2.05) is 35.7 Å². The Morgan fingerprint density at radius 2 is 2.08 bits per heavy atom. The zero-order chi connectivity index (χ0) is 18.5. The molecule has 0 fully saturated rings. The van der Waals surface area contributed by atoms with Crippen LogP contribution < -0.4 is 10.1 Å². The lowest BCUT2D eigenvalue weighted by atomic mass is 10.1. The van der Waals surface area contributed by atoms with E-state index in [4.69, 9.17) is 4.74 Å². The molecule has 0 saturated heterocycles. The molecule has 1 N–H and O–H groups in total. The number of carbonyl (C=O) groups excluding carboxylic acids is 1. The Kier molecular flexibility index (Phi) is 5.93. The molecule has 0 saturated carbocycles. The quantitative estimate of drug-likeness (QED) is 0.775. The van der Waals surface area contributed by atoms with E-state index >= 15 is 0 Å². The van der Waals surface area contributed by atoms with Crippen molar-refractivity contribution in [3.05, 3.63) is 46.8 Å². The third-order valence-electron chi connectivity index (χ3n) is 4.72. The van der Waals surface area contributed by atoms with Gasteiger partial charge in [0.15, 0.2) is 0 Å². The Bertz CT molecular complexity index is 769. The summed E-state index contributed by atoms with van der Waals surface area (Å²) in [7, 11) is 1.94. The van der Waals surface area contributed by atoms with Crippen LogP contribution in [0.5, 0.6) is 5.75 Å². The summed E-state index contributed by atoms with van der Waals surface area (Å²) in [6.45, 7) is 7.82. The van der Waals surface area contributed by atoms with Crippen molar-refractivity contribution < 1.29 is 9.53 Å². The third-order valence-corrected chi connectivity index (χ3v) is 4.72. The Balaban J connectivity index is 1.67. The number of amides is 1. The van der Waals surface area contributed by atoms with Gasteiger partial charge in [-0.2, -0.15) is 5.10 Å². The molecule has 6 nitrogen and oxygen atoms in total. The van der Waals surface area contributed by atoms with Crippen LogP contribution in [0.1, 0.15) is 40.2 Å². The molecular weight excluding hydrogens is 328 g/mol. The van der Waals surface area contributed by atoms with E-state index < -0.39 is 0 Å². The Labute approximate surface area is 155 Å². The fraction of sp³-hybridized carbons (Fsp3) is 0.500. The van der Waals surface area contributed by atoms with E-state index in [9.17, 15) is 4.79 Å². The second-order valence-corrected chi connectivity index (χ2v) is 6.87. The van der Waals surface area contributed by atoms with E-state index in [2.05, 4.69) is 29.5 Å². The maximum Gasteiger partial charge on any atom is 0.272 e. The number of aryl methyl sites for hydroxylation is 3. The predicted octanol–water partition coefficient (Wildman–Crippen LogP) is 2.53. The van der Waals surface area contributed by atoms with Gasteiger partial charge in [-0.3, -0.25) is 9.48 Å². The molecule has 1 aliphatic heterocycles. The van der Waals surface area contributed by atoms with Crippen LogP contribution >= 0.6 is 0 Å². The van der Waals surface area contributed by atoms with E-state index in [1.54, 1.807) is 0 Å². The minimum atomic E-state index is 0.0647. The van der Waals surface area contributed by atoms with Crippen LogP contribution in [-0.4, -0.2) is 47.3 Å². The first-order valence-electron chi connectivity index (χ1n) is 9.29. The molecule has 0 spiro atoms. The summed E-state index contributed by atoms with van der Waals surface area (Å²) in [5.41, 5.74) is 3.90. The van der Waals surface area contributed by atoms with Gasteiger partial charge < -0.3 is 15.0 Å². The number of hydrogen-bond donors (Lipinski definition) is 1. The number of benzene rings is 1. The largest absolute Gasteiger partial charge is 0.494 e. The lowest BCUT2D eigenvalue weighted by Gasteiger charge is -2.21. The van der Waals surface area contributed by atoms with Crippen LogP contribution in [0.4, 0.5) is 0 Å². The summed E-state index contributed by atoms with van der Waals surface area (Å²) in [6, 6.07) is 8.02. The lowest BCUT2D eigenvalue weighted by molar-refractivity contribution is 0.0745. The van der Waals surface area contributed by atoms with E-state index in [-0.39, 0.29) is 5.91 Å². The molecule has 0 unspecified atom stereocenters. The van der Waals surface area contributed by atoms with E-state index in [0.717, 1.165) is 55.0 Å². The topological polar surface area (TPSA) is 59.4 Å². The van der Waals surface area contributed by atoms with Crippen LogP contribution in [-0.2, 0) is 13.1 Å². The van der Waals surface area contributed by atoms with Crippen molar-refractivity contribution in [1.29, 1.82) is 0 Å². The van der Waals surface area contributed by atoms with Gasteiger partial charge in [-0.05, 0) is 69.6 Å². The van der Waals surface area contributed by atoms with Gasteiger partial charge in [-0.25, -0.2) is 0 Å². The summed E-state index contributed by atoms with van der Waals surface area (Å²) in [5, 5.41) is 7.54. The zero-order valence-corrected chi connectivity index (χ0v) is 15.9. The standard InChI is InChI=1S/C20H28N4O2/c1-15-12-18(26-11-4-8-21-3)7-6-17(15)14-23-9-5-10-24-19(20(23)25)13-16(2)22-24/h6-7,12-13,21H,4-5,8-11,14H2,1-3H3. The second kappa shape index (κ2) is 8.36. The number of hydrogen-bond acceptors (Lipinski definition) is 4. The van der Waals surface area contributed by atoms with Crippen LogP contribution in [0.3, 0.4) is 0 Å². The predicted molar refractivity (Wildman–Crippen MR) is 102 cm³/mol. The molecule has 0 aliphatic carbocycles. The number of rotatable bonds is 7. The van der Waals surface area contributed by atoms with Crippen LogP contribution in [0.2, 0.25) is 0 Å². The molecule has 1 amide bonds. The van der Waals surface area contributed by atoms with Crippen LogP contribution in [0.15, 0.2) is 24.3 Å². The average Bonchev–Trinajstić information content (AvgIpc) is 2.93. The van der Waals surface area contributed by atoms with Crippen molar-refractivity contribution in [2.24, 2.45) is 0 Å². The second-order valence-electron chi connectivity index (χ2n) is 6.87. The fourth-order valence-electron chi connectivity index (χ4n) is 3.29. The first-order valence-corrected chi connectivity index (χ1v) is 9.29. The highest BCUT2D eigenvalue weighted by atomic mass is 16.5. The lowest BCUT2D eigenvalue weighted by Crippen LogP contribution is -2.30. The highest BCUT2D eigenvalue weighted by molar-refractivity contribution is 5.93. The molecule has 1 aromatic heterocycles. The highest BCUT2D eigenvalue weighted by Crippen LogP contribution is 2.21. The molecule has 0 bridgehead atoms. The molecule has 3 rings (SSSR count). The molecule has 0 atom stereocenters. The SMILES string of the molecule is CNCCCOc1ccc(CN2CCCn3nc(C)cc3C2=O)c(C)c1. The molecule has 140 valence electrons. The number of nitrogens with one attached hydrogen (secondary N) is 1. The fourth-order valence-corrected chi connectivity index (χ4v) is 3.29. The summed E-state index contributed by atoms with van der Waals surface area (Å²) in [5.74, 6) is 0.952. The summed E-state index contributed by atoms with van der Waals surface area (Å²) in [4.78, 5) is 14.8. The van der Waals surface area contributed by atoms with Crippen molar-refractivity contribution in [3.8, 4) is 5.75 Å². The monoisotopic (exact) mass is 356 g/mol. The molecule has 1 aliphatic rings. The number of fused-ring (bicyclic) bond motifs is 1. The van der Waals surface area contributed by atoms with Crippen LogP contribution in [0.25, 0.3) is 0 Å². The van der Waals surface area contributed by atoms with Gasteiger partial charge in [0.2, 0.25) is 0 Å². The summed E-state index contributed by atoms with van der Waals surface area (Å²) < 4.78 is 7.63. The van der Waals surface area contributed by atoms with Gasteiger partial charge in [0.05, 0.1) is 12.3 Å². The van der Waals surface area contributed by atoms with Crippen LogP contribution in [0, 0.1) is 13.8 Å². The first kappa shape index (κ1) is 18.5. The van der Waals surface area contributed by atoms with Crippen molar-refractivity contribution in [1.82, 2.24) is 20.0 Å². The highest BCUT2D eigenvalue weighted by Gasteiger charge is 2.24. The number of aromatic nitrogens is 2. The molecule has 6 heteroatoms. The Morgan fingerprint density at radius 3 is 2.85 bits per heavy atom. The van der Waals surface area contributed by atoms with E-state index in [1.165, 1.54) is 0 Å². The first-order chi connectivity index (χ1) is 12.6. The Hall–Kier alpha value is -2.34. The van der Waals surface area contributed by atoms with Crippen molar-refractivity contribution in [2.45, 2.75) is 39.8 Å². The molecule has 2 heterocycles. The summed E-state index contributed by atoms with van der Waals surface area (Å²) in [6.07, 6.45) is 1.90. The third kappa shape index (κ3) is 4.25. The number of ether oxygens (including phenoxy) is 1. The molecular formula is C20H28N4O2. The Morgan fingerprint density at radius 1 is 1.23 bits per heavy atom. The van der Waals surface area contributed by atoms with Crippen molar-refractivity contribution >= 4 is 5.91 Å². The van der Waals surface area contributed by atoms with Crippen molar-refractivity contribution in [2.75, 3.05) is 26.7 Å². The van der Waals surface area contributed by atoms with Gasteiger partial charge in [0, 0.05) is 19.6 Å². The normalized spacial score (nSPS) is 14.3. The van der Waals surface area contributed by atoms with Gasteiger partial charge >= 0.3 is 0 Å². The summed E-state index contributed by atoms with van der Waals surface area (Å²) >= 11 is 0. The van der Waals surface area contributed by atoms with E-state index in [0.29, 0.717) is 18.8 Å².